The number of carbonyl (C=O) groups is 3. The topological polar surface area (TPSA) is 95.9 Å². The molecule has 1 saturated heterocycles. The number of nitrogens with one attached hydrogen (secondary N) is 1. The number of hydrogen-bond donors (Lipinski definition) is 2. The zero-order chi connectivity index (χ0) is 19.4. The molecule has 0 bridgehead atoms. The van der Waals surface area contributed by atoms with E-state index in [1.165, 1.54) is 18.9 Å². The number of methoxy groups -OCH3 is 1. The number of esters is 1. The maximum absolute atomic E-state index is 12.7. The highest BCUT2D eigenvalue weighted by molar-refractivity contribution is 5.91. The van der Waals surface area contributed by atoms with Gasteiger partial charge in [-0.05, 0) is 30.5 Å². The standard InChI is InChI=1S/C19H26N2O5/c1-11-6-5-7-12(2)15(11)9-16(19(25)26-4)20-18(24)17-8-14(23)10-21(17)13(3)22/h5-7,14,16-17,23H,8-10H2,1-4H3,(H,20,24)/t14-,16-,17+/m1/s1. The Kier molecular flexibility index (Phi) is 6.37. The Hall–Kier alpha value is -2.41. The third kappa shape index (κ3) is 4.40. The second kappa shape index (κ2) is 8.31. The van der Waals surface area contributed by atoms with Gasteiger partial charge in [0.25, 0.3) is 0 Å². The third-order valence-corrected chi connectivity index (χ3v) is 4.84. The predicted octanol–water partition coefficient (Wildman–Crippen LogP) is 0.485. The molecule has 1 aromatic rings. The molecule has 0 unspecified atom stereocenters. The van der Waals surface area contributed by atoms with Crippen LogP contribution in [0.4, 0.5) is 0 Å². The number of hydrogen-bond acceptors (Lipinski definition) is 5. The molecular weight excluding hydrogens is 336 g/mol. The Bertz CT molecular complexity index is 683. The summed E-state index contributed by atoms with van der Waals surface area (Å²) in [6, 6.07) is 4.18. The van der Waals surface area contributed by atoms with Gasteiger partial charge in [-0.15, -0.1) is 0 Å². The van der Waals surface area contributed by atoms with Gasteiger partial charge in [-0.1, -0.05) is 18.2 Å². The molecule has 1 fully saturated rings. The minimum absolute atomic E-state index is 0.118. The molecule has 142 valence electrons. The number of rotatable bonds is 5. The van der Waals surface area contributed by atoms with Crippen LogP contribution in [-0.4, -0.2) is 59.6 Å². The van der Waals surface area contributed by atoms with Crippen molar-refractivity contribution >= 4 is 17.8 Å². The van der Waals surface area contributed by atoms with Gasteiger partial charge in [0.1, 0.15) is 12.1 Å². The molecule has 0 saturated carbocycles. The highest BCUT2D eigenvalue weighted by Crippen LogP contribution is 2.20. The Morgan fingerprint density at radius 2 is 1.92 bits per heavy atom. The van der Waals surface area contributed by atoms with Gasteiger partial charge in [-0.2, -0.15) is 0 Å². The first-order valence-corrected chi connectivity index (χ1v) is 8.63. The summed E-state index contributed by atoms with van der Waals surface area (Å²) in [6.07, 6.45) is -0.292. The van der Waals surface area contributed by atoms with Gasteiger partial charge in [0.05, 0.1) is 13.2 Å². The van der Waals surface area contributed by atoms with Gasteiger partial charge in [0, 0.05) is 26.3 Å². The monoisotopic (exact) mass is 362 g/mol. The molecule has 1 aliphatic rings. The predicted molar refractivity (Wildman–Crippen MR) is 95.4 cm³/mol. The van der Waals surface area contributed by atoms with Crippen LogP contribution in [0.5, 0.6) is 0 Å². The first-order chi connectivity index (χ1) is 12.2. The van der Waals surface area contributed by atoms with E-state index in [9.17, 15) is 19.5 Å². The summed E-state index contributed by atoms with van der Waals surface area (Å²) in [4.78, 5) is 37.9. The lowest BCUT2D eigenvalue weighted by atomic mass is 9.96. The van der Waals surface area contributed by atoms with Gasteiger partial charge in [-0.3, -0.25) is 9.59 Å². The van der Waals surface area contributed by atoms with Gasteiger partial charge >= 0.3 is 5.97 Å². The molecule has 1 aromatic carbocycles. The first kappa shape index (κ1) is 19.9. The van der Waals surface area contributed by atoms with Gasteiger partial charge in [0.15, 0.2) is 0 Å². The van der Waals surface area contributed by atoms with Crippen LogP contribution in [0.25, 0.3) is 0 Å². The number of β-amino-alcohol motifs (C(OH)–C–C–N with tert-alkyl or cyclic N) is 1. The molecule has 1 aliphatic heterocycles. The molecule has 7 nitrogen and oxygen atoms in total. The Labute approximate surface area is 153 Å². The number of nitrogens with zero attached hydrogens (tertiary/aromatic N) is 1. The van der Waals surface area contributed by atoms with Crippen LogP contribution >= 0.6 is 0 Å². The molecule has 2 amide bonds. The fourth-order valence-electron chi connectivity index (χ4n) is 3.39. The number of amides is 2. The third-order valence-electron chi connectivity index (χ3n) is 4.84. The normalized spacial score (nSPS) is 20.6. The minimum Gasteiger partial charge on any atom is -0.467 e. The second-order valence-electron chi connectivity index (χ2n) is 6.74. The lowest BCUT2D eigenvalue weighted by Gasteiger charge is -2.25. The first-order valence-electron chi connectivity index (χ1n) is 8.63. The molecular formula is C19H26N2O5. The van der Waals surface area contributed by atoms with Crippen molar-refractivity contribution in [2.75, 3.05) is 13.7 Å². The number of aliphatic hydroxyl groups is 1. The average molecular weight is 362 g/mol. The van der Waals surface area contributed by atoms with Crippen molar-refractivity contribution in [1.29, 1.82) is 0 Å². The number of aliphatic hydroxyl groups excluding tert-OH is 1. The van der Waals surface area contributed by atoms with Crippen molar-refractivity contribution in [2.45, 2.75) is 51.8 Å². The van der Waals surface area contributed by atoms with Crippen molar-refractivity contribution in [3.8, 4) is 0 Å². The summed E-state index contributed by atoms with van der Waals surface area (Å²) < 4.78 is 4.84. The zero-order valence-electron chi connectivity index (χ0n) is 15.6. The maximum atomic E-state index is 12.7. The van der Waals surface area contributed by atoms with Crippen LogP contribution in [0, 0.1) is 13.8 Å². The van der Waals surface area contributed by atoms with Crippen molar-refractivity contribution in [3.63, 3.8) is 0 Å². The van der Waals surface area contributed by atoms with Crippen LogP contribution < -0.4 is 5.32 Å². The number of carbonyl (C=O) groups excluding carboxylic acids is 3. The van der Waals surface area contributed by atoms with Crippen molar-refractivity contribution in [3.05, 3.63) is 34.9 Å². The van der Waals surface area contributed by atoms with Crippen LogP contribution in [0.15, 0.2) is 18.2 Å². The van der Waals surface area contributed by atoms with E-state index < -0.39 is 30.1 Å². The molecule has 0 radical (unpaired) electrons. The number of ether oxygens (including phenoxy) is 1. The van der Waals surface area contributed by atoms with Gasteiger partial charge in [0.2, 0.25) is 11.8 Å². The fraction of sp³-hybridized carbons (Fsp3) is 0.526. The number of aryl methyl sites for hydroxylation is 2. The average Bonchev–Trinajstić information content (AvgIpc) is 2.98. The van der Waals surface area contributed by atoms with Crippen molar-refractivity contribution in [2.24, 2.45) is 0 Å². The smallest absolute Gasteiger partial charge is 0.328 e. The largest absolute Gasteiger partial charge is 0.467 e. The van der Waals surface area contributed by atoms with Crippen molar-refractivity contribution in [1.82, 2.24) is 10.2 Å². The highest BCUT2D eigenvalue weighted by atomic mass is 16.5. The summed E-state index contributed by atoms with van der Waals surface area (Å²) >= 11 is 0. The Balaban J connectivity index is 2.19. The SMILES string of the molecule is COC(=O)[C@@H](Cc1c(C)cccc1C)NC(=O)[C@@H]1C[C@@H](O)CN1C(C)=O. The fourth-order valence-corrected chi connectivity index (χ4v) is 3.39. The number of benzene rings is 1. The molecule has 0 aliphatic carbocycles. The summed E-state index contributed by atoms with van der Waals surface area (Å²) in [5, 5.41) is 12.5. The summed E-state index contributed by atoms with van der Waals surface area (Å²) in [6.45, 7) is 5.37. The molecule has 0 spiro atoms. The molecule has 1 heterocycles. The Morgan fingerprint density at radius 1 is 1.31 bits per heavy atom. The lowest BCUT2D eigenvalue weighted by molar-refractivity contribution is -0.146. The van der Waals surface area contributed by atoms with E-state index in [4.69, 9.17) is 4.74 Å². The van der Waals surface area contributed by atoms with Crippen LogP contribution in [-0.2, 0) is 25.5 Å². The summed E-state index contributed by atoms with van der Waals surface area (Å²) in [5.41, 5.74) is 3.02. The van der Waals surface area contributed by atoms with E-state index in [0.717, 1.165) is 16.7 Å². The Morgan fingerprint density at radius 3 is 2.46 bits per heavy atom. The minimum atomic E-state index is -0.862. The zero-order valence-corrected chi connectivity index (χ0v) is 15.6. The quantitative estimate of drug-likeness (QED) is 0.743. The molecule has 7 heteroatoms. The second-order valence-corrected chi connectivity index (χ2v) is 6.74. The van der Waals surface area contributed by atoms with Gasteiger partial charge < -0.3 is 20.1 Å². The van der Waals surface area contributed by atoms with Crippen LogP contribution in [0.1, 0.15) is 30.0 Å². The van der Waals surface area contributed by atoms with E-state index in [-0.39, 0.29) is 18.9 Å². The van der Waals surface area contributed by atoms with Crippen molar-refractivity contribution < 1.29 is 24.2 Å². The van der Waals surface area contributed by atoms with Crippen LogP contribution in [0.3, 0.4) is 0 Å². The maximum Gasteiger partial charge on any atom is 0.328 e. The molecule has 0 aromatic heterocycles. The molecule has 2 rings (SSSR count). The molecule has 3 atom stereocenters. The summed E-state index contributed by atoms with van der Waals surface area (Å²) in [5.74, 6) is -1.29. The van der Waals surface area contributed by atoms with Crippen LogP contribution in [0.2, 0.25) is 0 Å². The molecule has 2 N–H and O–H groups in total. The lowest BCUT2D eigenvalue weighted by Crippen LogP contribution is -2.51. The number of likely N-dealkylation sites (tertiary alicyclic amines) is 1. The van der Waals surface area contributed by atoms with Gasteiger partial charge in [-0.25, -0.2) is 4.79 Å². The van der Waals surface area contributed by atoms with E-state index in [0.29, 0.717) is 6.42 Å². The highest BCUT2D eigenvalue weighted by Gasteiger charge is 2.39. The van der Waals surface area contributed by atoms with E-state index in [1.807, 2.05) is 32.0 Å². The summed E-state index contributed by atoms with van der Waals surface area (Å²) in [7, 11) is 1.27. The molecule has 26 heavy (non-hydrogen) atoms. The van der Waals surface area contributed by atoms with E-state index >= 15 is 0 Å². The van der Waals surface area contributed by atoms with E-state index in [1.54, 1.807) is 0 Å². The van der Waals surface area contributed by atoms with E-state index in [2.05, 4.69) is 5.32 Å².